The maximum Gasteiger partial charge on any atom is 0.261 e. The number of amides is 2. The van der Waals surface area contributed by atoms with Crippen LogP contribution in [0.4, 0.5) is 0 Å². The normalized spacial score (nSPS) is 10.5. The highest BCUT2D eigenvalue weighted by Gasteiger charge is 2.07. The van der Waals surface area contributed by atoms with Gasteiger partial charge in [-0.1, -0.05) is 24.3 Å². The number of aryl methyl sites for hydroxylation is 2. The average Bonchev–Trinajstić information content (AvgIpc) is 3.28. The molecule has 0 atom stereocenters. The molecule has 2 N–H and O–H groups in total. The number of ether oxygens (including phenoxy) is 1. The summed E-state index contributed by atoms with van der Waals surface area (Å²) in [6.07, 6.45) is 2.64. The molecule has 2 aromatic heterocycles. The zero-order valence-corrected chi connectivity index (χ0v) is 17.9. The number of carbonyl (C=O) groups excluding carboxylic acids is 2. The molecule has 156 valence electrons. The Morgan fingerprint density at radius 3 is 2.70 bits per heavy atom. The van der Waals surface area contributed by atoms with Crippen molar-refractivity contribution in [3.05, 3.63) is 75.6 Å². The number of benzene rings is 1. The van der Waals surface area contributed by atoms with E-state index in [-0.39, 0.29) is 11.8 Å². The molecule has 0 saturated heterocycles. The molecule has 0 unspecified atom stereocenters. The van der Waals surface area contributed by atoms with E-state index in [9.17, 15) is 9.59 Å². The summed E-state index contributed by atoms with van der Waals surface area (Å²) < 4.78 is 5.85. The van der Waals surface area contributed by atoms with Gasteiger partial charge in [0.1, 0.15) is 5.75 Å². The second-order valence-electron chi connectivity index (χ2n) is 6.99. The molecule has 1 aromatic carbocycles. The zero-order chi connectivity index (χ0) is 21.3. The molecule has 0 saturated carbocycles. The quantitative estimate of drug-likeness (QED) is 0.501. The van der Waals surface area contributed by atoms with Crippen LogP contribution in [0.15, 0.2) is 54.0 Å². The molecule has 30 heavy (non-hydrogen) atoms. The lowest BCUT2D eigenvalue weighted by atomic mass is 10.1. The van der Waals surface area contributed by atoms with Gasteiger partial charge in [-0.05, 0) is 54.5 Å². The average molecular weight is 424 g/mol. The second-order valence-corrected chi connectivity index (χ2v) is 7.94. The fraction of sp³-hybridized carbons (Fsp3) is 0.261. The summed E-state index contributed by atoms with van der Waals surface area (Å²) in [5.41, 5.74) is 3.06. The summed E-state index contributed by atoms with van der Waals surface area (Å²) in [6, 6.07) is 13.3. The number of pyridine rings is 1. The van der Waals surface area contributed by atoms with Crippen molar-refractivity contribution < 1.29 is 14.3 Å². The van der Waals surface area contributed by atoms with E-state index in [1.165, 1.54) is 11.3 Å². The van der Waals surface area contributed by atoms with Gasteiger partial charge in [-0.25, -0.2) is 4.98 Å². The summed E-state index contributed by atoms with van der Waals surface area (Å²) in [5.74, 6) is 1.14. The Balaban J connectivity index is 1.37. The smallest absolute Gasteiger partial charge is 0.261 e. The van der Waals surface area contributed by atoms with Gasteiger partial charge in [0, 0.05) is 31.8 Å². The van der Waals surface area contributed by atoms with Crippen LogP contribution in [-0.2, 0) is 11.3 Å². The first kappa shape index (κ1) is 21.5. The molecule has 6 nitrogen and oxygen atoms in total. The van der Waals surface area contributed by atoms with Crippen molar-refractivity contribution in [3.63, 3.8) is 0 Å². The molecule has 7 heteroatoms. The number of hydrogen-bond acceptors (Lipinski definition) is 5. The van der Waals surface area contributed by atoms with Crippen molar-refractivity contribution in [2.24, 2.45) is 0 Å². The Morgan fingerprint density at radius 1 is 1.10 bits per heavy atom. The molecule has 2 heterocycles. The third-order valence-electron chi connectivity index (χ3n) is 4.46. The van der Waals surface area contributed by atoms with Crippen LogP contribution < -0.4 is 15.4 Å². The highest BCUT2D eigenvalue weighted by molar-refractivity contribution is 7.12. The lowest BCUT2D eigenvalue weighted by Gasteiger charge is -2.10. The predicted molar refractivity (Wildman–Crippen MR) is 118 cm³/mol. The first-order chi connectivity index (χ1) is 14.5. The number of thiophene rings is 1. The summed E-state index contributed by atoms with van der Waals surface area (Å²) in [4.78, 5) is 28.8. The van der Waals surface area contributed by atoms with Crippen molar-refractivity contribution in [3.8, 4) is 11.6 Å². The molecule has 3 aromatic rings. The van der Waals surface area contributed by atoms with Crippen molar-refractivity contribution >= 4 is 23.2 Å². The topological polar surface area (TPSA) is 80.3 Å². The van der Waals surface area contributed by atoms with Crippen molar-refractivity contribution in [1.82, 2.24) is 15.6 Å². The molecular weight excluding hydrogens is 398 g/mol. The summed E-state index contributed by atoms with van der Waals surface area (Å²) in [5, 5.41) is 7.55. The van der Waals surface area contributed by atoms with Gasteiger partial charge in [-0.3, -0.25) is 9.59 Å². The van der Waals surface area contributed by atoms with Crippen LogP contribution in [0.5, 0.6) is 11.6 Å². The molecule has 0 aliphatic rings. The zero-order valence-electron chi connectivity index (χ0n) is 17.1. The SMILES string of the molecule is Cc1ccc(C)c(Oc2ccc(CNC(=O)CCCNC(=O)c3cccs3)cn2)c1. The first-order valence-corrected chi connectivity index (χ1v) is 10.7. The molecule has 0 fully saturated rings. The van der Waals surface area contributed by atoms with Gasteiger partial charge in [0.2, 0.25) is 11.8 Å². The van der Waals surface area contributed by atoms with Gasteiger partial charge in [0.05, 0.1) is 4.88 Å². The minimum Gasteiger partial charge on any atom is -0.439 e. The third kappa shape index (κ3) is 6.42. The largest absolute Gasteiger partial charge is 0.439 e. The lowest BCUT2D eigenvalue weighted by Crippen LogP contribution is -2.26. The maximum absolute atomic E-state index is 12.0. The number of nitrogens with zero attached hydrogens (tertiary/aromatic N) is 1. The minimum atomic E-state index is -0.0975. The van der Waals surface area contributed by atoms with E-state index in [4.69, 9.17) is 4.74 Å². The van der Waals surface area contributed by atoms with E-state index in [1.807, 2.05) is 49.6 Å². The van der Waals surface area contributed by atoms with Crippen LogP contribution in [0.1, 0.15) is 39.2 Å². The van der Waals surface area contributed by atoms with Crippen molar-refractivity contribution in [1.29, 1.82) is 0 Å². The molecule has 0 radical (unpaired) electrons. The van der Waals surface area contributed by atoms with Crippen molar-refractivity contribution in [2.75, 3.05) is 6.54 Å². The highest BCUT2D eigenvalue weighted by Crippen LogP contribution is 2.24. The maximum atomic E-state index is 12.0. The van der Waals surface area contributed by atoms with E-state index in [0.717, 1.165) is 22.4 Å². The third-order valence-corrected chi connectivity index (χ3v) is 5.33. The lowest BCUT2D eigenvalue weighted by molar-refractivity contribution is -0.121. The summed E-state index contributed by atoms with van der Waals surface area (Å²) in [6.45, 7) is 4.88. The van der Waals surface area contributed by atoms with Gasteiger partial charge in [-0.2, -0.15) is 0 Å². The van der Waals surface area contributed by atoms with Crippen LogP contribution in [-0.4, -0.2) is 23.3 Å². The highest BCUT2D eigenvalue weighted by atomic mass is 32.1. The van der Waals surface area contributed by atoms with Crippen molar-refractivity contribution in [2.45, 2.75) is 33.2 Å². The van der Waals surface area contributed by atoms with Gasteiger partial charge in [0.15, 0.2) is 0 Å². The Kier molecular flexibility index (Phi) is 7.57. The number of aromatic nitrogens is 1. The van der Waals surface area contributed by atoms with E-state index < -0.39 is 0 Å². The minimum absolute atomic E-state index is 0.0592. The van der Waals surface area contributed by atoms with Crippen LogP contribution in [0.25, 0.3) is 0 Å². The van der Waals surface area contributed by atoms with Crippen LogP contribution >= 0.6 is 11.3 Å². The molecule has 0 aliphatic heterocycles. The summed E-state index contributed by atoms with van der Waals surface area (Å²) >= 11 is 1.40. The van der Waals surface area contributed by atoms with E-state index in [2.05, 4.69) is 15.6 Å². The Hall–Kier alpha value is -3.19. The van der Waals surface area contributed by atoms with Crippen LogP contribution in [0.3, 0.4) is 0 Å². The van der Waals surface area contributed by atoms with E-state index >= 15 is 0 Å². The Morgan fingerprint density at radius 2 is 1.97 bits per heavy atom. The number of rotatable bonds is 9. The van der Waals surface area contributed by atoms with E-state index in [1.54, 1.807) is 18.3 Å². The van der Waals surface area contributed by atoms with Crippen LogP contribution in [0.2, 0.25) is 0 Å². The monoisotopic (exact) mass is 423 g/mol. The number of hydrogen-bond donors (Lipinski definition) is 2. The fourth-order valence-electron chi connectivity index (χ4n) is 2.74. The fourth-order valence-corrected chi connectivity index (χ4v) is 3.38. The molecule has 3 rings (SSSR count). The van der Waals surface area contributed by atoms with Gasteiger partial charge < -0.3 is 15.4 Å². The molecule has 0 bridgehead atoms. The molecule has 0 spiro atoms. The van der Waals surface area contributed by atoms with Gasteiger partial charge in [-0.15, -0.1) is 11.3 Å². The van der Waals surface area contributed by atoms with Gasteiger partial charge in [0.25, 0.3) is 5.91 Å². The second kappa shape index (κ2) is 10.5. The van der Waals surface area contributed by atoms with Crippen LogP contribution in [0, 0.1) is 13.8 Å². The Bertz CT molecular complexity index is 985. The summed E-state index contributed by atoms with van der Waals surface area (Å²) in [7, 11) is 0. The van der Waals surface area contributed by atoms with Gasteiger partial charge >= 0.3 is 0 Å². The number of carbonyl (C=O) groups is 2. The Labute approximate surface area is 180 Å². The standard InChI is InChI=1S/C23H25N3O3S/c1-16-7-8-17(2)19(13-16)29-22-10-9-18(15-26-22)14-25-21(27)6-3-11-24-23(28)20-5-4-12-30-20/h4-5,7-10,12-13,15H,3,6,11,14H2,1-2H3,(H,24,28)(H,25,27). The van der Waals surface area contributed by atoms with E-state index in [0.29, 0.717) is 36.7 Å². The molecule has 2 amide bonds. The molecular formula is C23H25N3O3S. The first-order valence-electron chi connectivity index (χ1n) is 9.80. The molecule has 0 aliphatic carbocycles. The predicted octanol–water partition coefficient (Wildman–Crippen LogP) is 4.38. The number of nitrogens with one attached hydrogen (secondary N) is 2.